The van der Waals surface area contributed by atoms with Gasteiger partial charge >= 0.3 is 5.97 Å². The van der Waals surface area contributed by atoms with E-state index in [4.69, 9.17) is 14.7 Å². The number of carbonyl (C=O) groups excluding carboxylic acids is 1. The highest BCUT2D eigenvalue weighted by Gasteiger charge is 2.54. The lowest BCUT2D eigenvalue weighted by molar-refractivity contribution is -0.157. The topological polar surface area (TPSA) is 99.9 Å². The third-order valence-corrected chi connectivity index (χ3v) is 4.83. The van der Waals surface area contributed by atoms with E-state index in [1.54, 1.807) is 29.2 Å². The van der Waals surface area contributed by atoms with Crippen LogP contribution >= 0.6 is 0 Å². The van der Waals surface area contributed by atoms with Crippen molar-refractivity contribution in [3.8, 4) is 11.8 Å². The first-order valence-corrected chi connectivity index (χ1v) is 7.77. The van der Waals surface area contributed by atoms with E-state index < -0.39 is 11.4 Å². The van der Waals surface area contributed by atoms with Crippen molar-refractivity contribution in [3.63, 3.8) is 0 Å². The Kier molecular flexibility index (Phi) is 4.40. The van der Waals surface area contributed by atoms with Crippen LogP contribution in [-0.4, -0.2) is 54.8 Å². The molecule has 2 aliphatic rings. The van der Waals surface area contributed by atoms with E-state index >= 15 is 0 Å². The predicted octanol–water partition coefficient (Wildman–Crippen LogP) is 0.887. The van der Waals surface area contributed by atoms with Gasteiger partial charge in [0.1, 0.15) is 5.75 Å². The van der Waals surface area contributed by atoms with Gasteiger partial charge in [-0.3, -0.25) is 9.59 Å². The first-order valence-electron chi connectivity index (χ1n) is 7.77. The van der Waals surface area contributed by atoms with Gasteiger partial charge in [-0.1, -0.05) is 0 Å². The van der Waals surface area contributed by atoms with E-state index in [0.717, 1.165) is 0 Å². The Bertz CT molecular complexity index is 681. The maximum absolute atomic E-state index is 12.4. The van der Waals surface area contributed by atoms with Crippen molar-refractivity contribution in [1.82, 2.24) is 4.90 Å². The fraction of sp³-hybridized carbons (Fsp3) is 0.471. The van der Waals surface area contributed by atoms with Gasteiger partial charge in [0.25, 0.3) is 5.91 Å². The Labute approximate surface area is 139 Å². The van der Waals surface area contributed by atoms with Crippen LogP contribution in [-0.2, 0) is 14.3 Å². The lowest BCUT2D eigenvalue weighted by Crippen LogP contribution is -2.45. The summed E-state index contributed by atoms with van der Waals surface area (Å²) in [7, 11) is 0. The largest absolute Gasteiger partial charge is 0.484 e. The number of carbonyl (C=O) groups is 2. The van der Waals surface area contributed by atoms with Crippen LogP contribution in [0.15, 0.2) is 24.3 Å². The molecule has 1 aromatic carbocycles. The Balaban J connectivity index is 1.61. The van der Waals surface area contributed by atoms with Crippen LogP contribution in [0.3, 0.4) is 0 Å². The number of carboxylic acid groups (broad SMARTS) is 1. The summed E-state index contributed by atoms with van der Waals surface area (Å²) in [5.74, 6) is -0.786. The molecule has 3 rings (SSSR count). The standard InChI is InChI=1S/C17H18N2O5/c18-7-12-1-3-14(4-2-12)24-10-15(20)19-8-13-9-23-6-5-17(13,11-19)16(21)22/h1-4,13H,5-6,8-11H2,(H,21,22)/t13-,17+/m0/s1. The summed E-state index contributed by atoms with van der Waals surface area (Å²) in [4.78, 5) is 25.6. The Morgan fingerprint density at radius 3 is 2.79 bits per heavy atom. The van der Waals surface area contributed by atoms with Crippen LogP contribution in [0.5, 0.6) is 5.75 Å². The average molecular weight is 330 g/mol. The Morgan fingerprint density at radius 2 is 2.17 bits per heavy atom. The van der Waals surface area contributed by atoms with Gasteiger partial charge in [-0.25, -0.2) is 0 Å². The molecule has 1 aromatic rings. The Morgan fingerprint density at radius 1 is 1.42 bits per heavy atom. The number of aliphatic carboxylic acids is 1. The minimum absolute atomic E-state index is 0.158. The molecular formula is C17H18N2O5. The molecule has 0 radical (unpaired) electrons. The molecule has 2 atom stereocenters. The number of nitrogens with zero attached hydrogens (tertiary/aromatic N) is 2. The van der Waals surface area contributed by atoms with Crippen molar-refractivity contribution in [2.45, 2.75) is 6.42 Å². The van der Waals surface area contributed by atoms with Gasteiger partial charge in [-0.2, -0.15) is 5.26 Å². The van der Waals surface area contributed by atoms with Crippen molar-refractivity contribution >= 4 is 11.9 Å². The molecule has 0 spiro atoms. The predicted molar refractivity (Wildman–Crippen MR) is 82.2 cm³/mol. The first kappa shape index (κ1) is 16.3. The van der Waals surface area contributed by atoms with Gasteiger partial charge in [-0.15, -0.1) is 0 Å². The molecule has 7 nitrogen and oxygen atoms in total. The molecule has 1 N–H and O–H groups in total. The fourth-order valence-corrected chi connectivity index (χ4v) is 3.35. The third kappa shape index (κ3) is 2.93. The SMILES string of the molecule is N#Cc1ccc(OCC(=O)N2C[C@H]3COCC[C@@]3(C(=O)O)C2)cc1. The second-order valence-electron chi connectivity index (χ2n) is 6.18. The van der Waals surface area contributed by atoms with Crippen molar-refractivity contribution in [2.24, 2.45) is 11.3 Å². The zero-order valence-electron chi connectivity index (χ0n) is 13.1. The molecule has 0 unspecified atom stereocenters. The number of hydrogen-bond donors (Lipinski definition) is 1. The number of amides is 1. The number of nitriles is 1. The molecular weight excluding hydrogens is 312 g/mol. The van der Waals surface area contributed by atoms with Gasteiger partial charge < -0.3 is 19.5 Å². The van der Waals surface area contributed by atoms with Crippen LogP contribution in [0.4, 0.5) is 0 Å². The summed E-state index contributed by atoms with van der Waals surface area (Å²) < 4.78 is 10.8. The van der Waals surface area contributed by atoms with E-state index in [-0.39, 0.29) is 25.0 Å². The molecule has 0 aliphatic carbocycles. The molecule has 2 fully saturated rings. The molecule has 0 saturated carbocycles. The zero-order chi connectivity index (χ0) is 17.2. The molecule has 2 aliphatic heterocycles. The molecule has 1 amide bonds. The number of ether oxygens (including phenoxy) is 2. The molecule has 24 heavy (non-hydrogen) atoms. The van der Waals surface area contributed by atoms with Gasteiger partial charge in [0.15, 0.2) is 6.61 Å². The Hall–Kier alpha value is -2.59. The van der Waals surface area contributed by atoms with E-state index in [1.807, 2.05) is 6.07 Å². The molecule has 2 heterocycles. The smallest absolute Gasteiger partial charge is 0.311 e. The molecule has 0 bridgehead atoms. The highest BCUT2D eigenvalue weighted by atomic mass is 16.5. The van der Waals surface area contributed by atoms with Crippen molar-refractivity contribution < 1.29 is 24.2 Å². The van der Waals surface area contributed by atoms with E-state index in [9.17, 15) is 14.7 Å². The summed E-state index contributed by atoms with van der Waals surface area (Å²) in [6, 6.07) is 8.49. The minimum atomic E-state index is -0.900. The summed E-state index contributed by atoms with van der Waals surface area (Å²) in [5.41, 5.74) is -0.386. The highest BCUT2D eigenvalue weighted by Crippen LogP contribution is 2.42. The zero-order valence-corrected chi connectivity index (χ0v) is 13.1. The number of carboxylic acids is 1. The van der Waals surface area contributed by atoms with Crippen LogP contribution in [0, 0.1) is 22.7 Å². The number of hydrogen-bond acceptors (Lipinski definition) is 5. The molecule has 0 aromatic heterocycles. The van der Waals surface area contributed by atoms with Crippen LogP contribution in [0.25, 0.3) is 0 Å². The summed E-state index contributed by atoms with van der Waals surface area (Å²) >= 11 is 0. The van der Waals surface area contributed by atoms with Gasteiger partial charge in [0.05, 0.1) is 23.7 Å². The molecule has 126 valence electrons. The van der Waals surface area contributed by atoms with Crippen LogP contribution < -0.4 is 4.74 Å². The van der Waals surface area contributed by atoms with E-state index in [0.29, 0.717) is 37.5 Å². The van der Waals surface area contributed by atoms with Gasteiger partial charge in [0, 0.05) is 25.6 Å². The van der Waals surface area contributed by atoms with Crippen molar-refractivity contribution in [1.29, 1.82) is 5.26 Å². The molecule has 7 heteroatoms. The van der Waals surface area contributed by atoms with Crippen molar-refractivity contribution in [3.05, 3.63) is 29.8 Å². The maximum atomic E-state index is 12.4. The van der Waals surface area contributed by atoms with Gasteiger partial charge in [-0.05, 0) is 30.7 Å². The van der Waals surface area contributed by atoms with Gasteiger partial charge in [0.2, 0.25) is 0 Å². The van der Waals surface area contributed by atoms with Crippen LogP contribution in [0.2, 0.25) is 0 Å². The van der Waals surface area contributed by atoms with E-state index in [2.05, 4.69) is 0 Å². The minimum Gasteiger partial charge on any atom is -0.484 e. The fourth-order valence-electron chi connectivity index (χ4n) is 3.35. The number of likely N-dealkylation sites (tertiary alicyclic amines) is 1. The number of benzene rings is 1. The lowest BCUT2D eigenvalue weighted by atomic mass is 9.74. The second-order valence-corrected chi connectivity index (χ2v) is 6.18. The average Bonchev–Trinajstić information content (AvgIpc) is 3.01. The first-order chi connectivity index (χ1) is 11.5. The monoisotopic (exact) mass is 330 g/mol. The number of rotatable bonds is 4. The normalized spacial score (nSPS) is 25.6. The quantitative estimate of drug-likeness (QED) is 0.880. The maximum Gasteiger partial charge on any atom is 0.311 e. The summed E-state index contributed by atoms with van der Waals surface area (Å²) in [5, 5.41) is 18.4. The second kappa shape index (κ2) is 6.49. The van der Waals surface area contributed by atoms with Crippen LogP contribution in [0.1, 0.15) is 12.0 Å². The highest BCUT2D eigenvalue weighted by molar-refractivity contribution is 5.82. The van der Waals surface area contributed by atoms with E-state index in [1.165, 1.54) is 0 Å². The summed E-state index contributed by atoms with van der Waals surface area (Å²) in [6.07, 6.45) is 0.424. The third-order valence-electron chi connectivity index (χ3n) is 4.83. The lowest BCUT2D eigenvalue weighted by Gasteiger charge is -2.33. The summed E-state index contributed by atoms with van der Waals surface area (Å²) in [6.45, 7) is 1.20. The van der Waals surface area contributed by atoms with Crippen molar-refractivity contribution in [2.75, 3.05) is 32.9 Å². The molecule has 2 saturated heterocycles. The number of fused-ring (bicyclic) bond motifs is 1.